The number of aromatic nitrogens is 2. The van der Waals surface area contributed by atoms with Crippen LogP contribution in [0.5, 0.6) is 0 Å². The Hall–Kier alpha value is -2.12. The highest BCUT2D eigenvalue weighted by atomic mass is 15.3. The molecule has 22 heavy (non-hydrogen) atoms. The lowest BCUT2D eigenvalue weighted by atomic mass is 10.1. The van der Waals surface area contributed by atoms with E-state index in [0.29, 0.717) is 6.04 Å². The number of nitrogens with zero attached hydrogens (tertiary/aromatic N) is 4. The lowest BCUT2D eigenvalue weighted by Crippen LogP contribution is -2.33. The first-order valence-corrected chi connectivity index (χ1v) is 7.90. The van der Waals surface area contributed by atoms with Gasteiger partial charge in [-0.25, -0.2) is 0 Å². The Labute approximate surface area is 132 Å². The van der Waals surface area contributed by atoms with E-state index < -0.39 is 0 Å². The Kier molecular flexibility index (Phi) is 4.26. The molecule has 1 atom stereocenters. The molecule has 1 aromatic heterocycles. The fraction of sp³-hybridized carbons (Fsp3) is 0.444. The van der Waals surface area contributed by atoms with Crippen LogP contribution < -0.4 is 0 Å². The number of benzene rings is 1. The zero-order valence-electron chi connectivity index (χ0n) is 13.3. The number of nitriles is 1. The lowest BCUT2D eigenvalue weighted by molar-refractivity contribution is 0.218. The number of aryl methyl sites for hydroxylation is 2. The molecule has 114 valence electrons. The third-order valence-electron chi connectivity index (χ3n) is 4.45. The molecule has 0 bridgehead atoms. The Morgan fingerprint density at radius 3 is 2.68 bits per heavy atom. The Morgan fingerprint density at radius 2 is 2.05 bits per heavy atom. The van der Waals surface area contributed by atoms with E-state index in [9.17, 15) is 0 Å². The predicted molar refractivity (Wildman–Crippen MR) is 86.3 cm³/mol. The van der Waals surface area contributed by atoms with Gasteiger partial charge < -0.3 is 0 Å². The first kappa shape index (κ1) is 14.8. The van der Waals surface area contributed by atoms with Crippen LogP contribution in [0.4, 0.5) is 0 Å². The van der Waals surface area contributed by atoms with Gasteiger partial charge in [-0.15, -0.1) is 0 Å². The molecule has 1 fully saturated rings. The van der Waals surface area contributed by atoms with Crippen LogP contribution in [0.2, 0.25) is 0 Å². The molecular weight excluding hydrogens is 272 g/mol. The highest BCUT2D eigenvalue weighted by Crippen LogP contribution is 2.22. The maximum absolute atomic E-state index is 8.88. The van der Waals surface area contributed by atoms with Crippen molar-refractivity contribution < 1.29 is 0 Å². The molecule has 0 amide bonds. The summed E-state index contributed by atoms with van der Waals surface area (Å²) < 4.78 is 2.14. The van der Waals surface area contributed by atoms with Crippen molar-refractivity contribution in [1.82, 2.24) is 14.7 Å². The van der Waals surface area contributed by atoms with Gasteiger partial charge in [-0.1, -0.05) is 12.1 Å². The van der Waals surface area contributed by atoms with Gasteiger partial charge in [0, 0.05) is 18.3 Å². The van der Waals surface area contributed by atoms with Crippen LogP contribution in [0.15, 0.2) is 30.3 Å². The van der Waals surface area contributed by atoms with Crippen molar-refractivity contribution in [2.45, 2.75) is 45.8 Å². The summed E-state index contributed by atoms with van der Waals surface area (Å²) >= 11 is 0. The monoisotopic (exact) mass is 294 g/mol. The fourth-order valence-electron chi connectivity index (χ4n) is 3.29. The number of hydrogen-bond donors (Lipinski definition) is 0. The van der Waals surface area contributed by atoms with Gasteiger partial charge in [0.1, 0.15) is 0 Å². The summed E-state index contributed by atoms with van der Waals surface area (Å²) in [6.45, 7) is 7.24. The van der Waals surface area contributed by atoms with E-state index in [1.165, 1.54) is 24.1 Å². The van der Waals surface area contributed by atoms with Crippen molar-refractivity contribution in [3.05, 3.63) is 52.8 Å². The first-order chi connectivity index (χ1) is 10.7. The van der Waals surface area contributed by atoms with Gasteiger partial charge in [-0.05, 0) is 57.0 Å². The molecule has 3 rings (SSSR count). The van der Waals surface area contributed by atoms with E-state index in [0.717, 1.165) is 30.9 Å². The van der Waals surface area contributed by atoms with Crippen molar-refractivity contribution in [1.29, 1.82) is 5.26 Å². The fourth-order valence-corrected chi connectivity index (χ4v) is 3.29. The smallest absolute Gasteiger partial charge is 0.0991 e. The third kappa shape index (κ3) is 3.20. The molecule has 4 nitrogen and oxygen atoms in total. The molecule has 1 unspecified atom stereocenters. The highest BCUT2D eigenvalue weighted by molar-refractivity contribution is 5.31. The molecule has 1 saturated heterocycles. The van der Waals surface area contributed by atoms with E-state index in [-0.39, 0.29) is 0 Å². The minimum Gasteiger partial charge on any atom is -0.294 e. The second-order valence-electron chi connectivity index (χ2n) is 6.18. The summed E-state index contributed by atoms with van der Waals surface area (Å²) in [5.74, 6) is 0. The molecular formula is C18H22N4. The molecule has 2 heterocycles. The number of rotatable bonds is 4. The molecule has 1 aliphatic rings. The topological polar surface area (TPSA) is 44.9 Å². The second-order valence-corrected chi connectivity index (χ2v) is 6.18. The molecule has 4 heteroatoms. The first-order valence-electron chi connectivity index (χ1n) is 7.90. The van der Waals surface area contributed by atoms with Crippen LogP contribution in [0.1, 0.15) is 35.4 Å². The third-order valence-corrected chi connectivity index (χ3v) is 4.45. The summed E-state index contributed by atoms with van der Waals surface area (Å²) in [6, 6.07) is 12.8. The minimum absolute atomic E-state index is 0.550. The Morgan fingerprint density at radius 1 is 1.27 bits per heavy atom. The maximum Gasteiger partial charge on any atom is 0.0991 e. The average molecular weight is 294 g/mol. The second kappa shape index (κ2) is 6.33. The average Bonchev–Trinajstić information content (AvgIpc) is 3.07. The summed E-state index contributed by atoms with van der Waals surface area (Å²) in [5, 5.41) is 13.5. The lowest BCUT2D eigenvalue weighted by Gasteiger charge is -2.25. The zero-order valence-corrected chi connectivity index (χ0v) is 13.3. The molecule has 0 spiro atoms. The quantitative estimate of drug-likeness (QED) is 0.870. The van der Waals surface area contributed by atoms with Crippen LogP contribution in [0, 0.1) is 25.2 Å². The predicted octanol–water partition coefficient (Wildman–Crippen LogP) is 3.04. The van der Waals surface area contributed by atoms with E-state index >= 15 is 0 Å². The van der Waals surface area contributed by atoms with E-state index in [4.69, 9.17) is 5.26 Å². The summed E-state index contributed by atoms with van der Waals surface area (Å²) in [4.78, 5) is 2.54. The van der Waals surface area contributed by atoms with Gasteiger partial charge in [0.25, 0.3) is 0 Å². The molecule has 2 aromatic rings. The van der Waals surface area contributed by atoms with Gasteiger partial charge in [0.2, 0.25) is 0 Å². The molecule has 0 aliphatic carbocycles. The van der Waals surface area contributed by atoms with E-state index in [1.54, 1.807) is 0 Å². The molecule has 1 aromatic carbocycles. The van der Waals surface area contributed by atoms with Crippen LogP contribution in [0.25, 0.3) is 0 Å². The largest absolute Gasteiger partial charge is 0.294 e. The van der Waals surface area contributed by atoms with E-state index in [2.05, 4.69) is 45.9 Å². The SMILES string of the molecule is Cc1cc(C)n(CC2CCCN2Cc2ccc(C#N)cc2)n1. The summed E-state index contributed by atoms with van der Waals surface area (Å²) in [6.07, 6.45) is 2.48. The van der Waals surface area contributed by atoms with Gasteiger partial charge in [0.05, 0.1) is 23.9 Å². The maximum atomic E-state index is 8.88. The van der Waals surface area contributed by atoms with Crippen molar-refractivity contribution in [3.8, 4) is 6.07 Å². The normalized spacial score (nSPS) is 18.5. The van der Waals surface area contributed by atoms with E-state index in [1.807, 2.05) is 19.1 Å². The van der Waals surface area contributed by atoms with Gasteiger partial charge in [-0.2, -0.15) is 10.4 Å². The van der Waals surface area contributed by atoms with Crippen LogP contribution in [0.3, 0.4) is 0 Å². The van der Waals surface area contributed by atoms with Crippen LogP contribution >= 0.6 is 0 Å². The Balaban J connectivity index is 1.67. The number of hydrogen-bond acceptors (Lipinski definition) is 3. The van der Waals surface area contributed by atoms with Crippen LogP contribution in [-0.2, 0) is 13.1 Å². The number of likely N-dealkylation sites (tertiary alicyclic amines) is 1. The van der Waals surface area contributed by atoms with Crippen molar-refractivity contribution >= 4 is 0 Å². The molecule has 0 saturated carbocycles. The van der Waals surface area contributed by atoms with Gasteiger partial charge >= 0.3 is 0 Å². The minimum atomic E-state index is 0.550. The van der Waals surface area contributed by atoms with Crippen LogP contribution in [-0.4, -0.2) is 27.3 Å². The van der Waals surface area contributed by atoms with Crippen molar-refractivity contribution in [3.63, 3.8) is 0 Å². The standard InChI is InChI=1S/C18H22N4/c1-14-10-15(2)22(20-14)13-18-4-3-9-21(18)12-17-7-5-16(11-19)6-8-17/h5-8,10,18H,3-4,9,12-13H2,1-2H3. The highest BCUT2D eigenvalue weighted by Gasteiger charge is 2.25. The van der Waals surface area contributed by atoms with Crippen molar-refractivity contribution in [2.24, 2.45) is 0 Å². The summed E-state index contributed by atoms with van der Waals surface area (Å²) in [5.41, 5.74) is 4.33. The molecule has 0 radical (unpaired) electrons. The summed E-state index contributed by atoms with van der Waals surface area (Å²) in [7, 11) is 0. The molecule has 0 N–H and O–H groups in total. The Bertz CT molecular complexity index is 678. The van der Waals surface area contributed by atoms with Gasteiger partial charge in [-0.3, -0.25) is 9.58 Å². The molecule has 1 aliphatic heterocycles. The zero-order chi connectivity index (χ0) is 15.5. The van der Waals surface area contributed by atoms with Crippen molar-refractivity contribution in [2.75, 3.05) is 6.54 Å². The van der Waals surface area contributed by atoms with Gasteiger partial charge in [0.15, 0.2) is 0 Å².